The topological polar surface area (TPSA) is 42.2 Å². The summed E-state index contributed by atoms with van der Waals surface area (Å²) in [5, 5.41) is 8.04. The zero-order chi connectivity index (χ0) is 12.5. The molecule has 0 amide bonds. The number of hydrogen-bond acceptors (Lipinski definition) is 3. The van der Waals surface area contributed by atoms with Crippen LogP contribution in [0.1, 0.15) is 43.1 Å². The number of rotatable bonds is 2. The summed E-state index contributed by atoms with van der Waals surface area (Å²) in [5.41, 5.74) is 2.12. The van der Waals surface area contributed by atoms with Crippen LogP contribution in [-0.4, -0.2) is 27.7 Å². The lowest BCUT2D eigenvalue weighted by Crippen LogP contribution is -2.29. The molecule has 4 nitrogen and oxygen atoms in total. The number of hydrogen-bond donors (Lipinski definition) is 1. The molecule has 2 heterocycles. The van der Waals surface area contributed by atoms with Crippen LogP contribution in [0.4, 0.5) is 0 Å². The van der Waals surface area contributed by atoms with Gasteiger partial charge in [0.1, 0.15) is 0 Å². The number of pyridine rings is 1. The molecule has 1 aliphatic rings. The standard InChI is InChI=1S/C14H20N4/c1-10-4-3-5-13-16-14(17-18(10)13)11-6-8-12(15-2)9-7-11/h3-5,11-12,15H,6-9H2,1-2H3. The van der Waals surface area contributed by atoms with Gasteiger partial charge >= 0.3 is 0 Å². The van der Waals surface area contributed by atoms with Gasteiger partial charge in [0, 0.05) is 17.7 Å². The zero-order valence-corrected chi connectivity index (χ0v) is 11.1. The second-order valence-corrected chi connectivity index (χ2v) is 5.24. The van der Waals surface area contributed by atoms with Crippen molar-refractivity contribution in [2.24, 2.45) is 0 Å². The highest BCUT2D eigenvalue weighted by Crippen LogP contribution is 2.31. The molecule has 1 aliphatic carbocycles. The third kappa shape index (κ3) is 2.01. The first-order chi connectivity index (χ1) is 8.78. The van der Waals surface area contributed by atoms with Crippen LogP contribution in [0.3, 0.4) is 0 Å². The lowest BCUT2D eigenvalue weighted by atomic mass is 9.86. The molecule has 3 rings (SSSR count). The predicted molar refractivity (Wildman–Crippen MR) is 71.8 cm³/mol. The second-order valence-electron chi connectivity index (χ2n) is 5.24. The van der Waals surface area contributed by atoms with Gasteiger partial charge in [-0.15, -0.1) is 0 Å². The van der Waals surface area contributed by atoms with Crippen molar-refractivity contribution < 1.29 is 0 Å². The fraction of sp³-hybridized carbons (Fsp3) is 0.571. The lowest BCUT2D eigenvalue weighted by Gasteiger charge is -2.26. The first kappa shape index (κ1) is 11.7. The molecular formula is C14H20N4. The summed E-state index contributed by atoms with van der Waals surface area (Å²) in [7, 11) is 2.05. The van der Waals surface area contributed by atoms with Gasteiger partial charge in [-0.2, -0.15) is 5.10 Å². The minimum absolute atomic E-state index is 0.536. The van der Waals surface area contributed by atoms with Gasteiger partial charge in [0.15, 0.2) is 11.5 Å². The van der Waals surface area contributed by atoms with Crippen molar-refractivity contribution in [2.75, 3.05) is 7.05 Å². The maximum absolute atomic E-state index is 4.68. The van der Waals surface area contributed by atoms with Crippen molar-refractivity contribution in [3.8, 4) is 0 Å². The first-order valence-corrected chi connectivity index (χ1v) is 6.77. The number of aryl methyl sites for hydroxylation is 1. The Morgan fingerprint density at radius 1 is 1.22 bits per heavy atom. The minimum atomic E-state index is 0.536. The molecule has 0 aliphatic heterocycles. The second kappa shape index (κ2) is 4.69. The van der Waals surface area contributed by atoms with E-state index in [1.54, 1.807) is 0 Å². The summed E-state index contributed by atoms with van der Waals surface area (Å²) < 4.78 is 1.96. The van der Waals surface area contributed by atoms with Crippen LogP contribution in [0.25, 0.3) is 5.65 Å². The minimum Gasteiger partial charge on any atom is -0.317 e. The molecule has 1 saturated carbocycles. The van der Waals surface area contributed by atoms with E-state index in [0.717, 1.165) is 17.2 Å². The van der Waals surface area contributed by atoms with Crippen molar-refractivity contribution in [3.05, 3.63) is 29.7 Å². The fourth-order valence-corrected chi connectivity index (χ4v) is 2.87. The molecule has 0 unspecified atom stereocenters. The summed E-state index contributed by atoms with van der Waals surface area (Å²) in [6.45, 7) is 2.07. The van der Waals surface area contributed by atoms with E-state index >= 15 is 0 Å². The molecular weight excluding hydrogens is 224 g/mol. The molecule has 0 bridgehead atoms. The Morgan fingerprint density at radius 2 is 2.00 bits per heavy atom. The zero-order valence-electron chi connectivity index (χ0n) is 11.1. The number of aromatic nitrogens is 3. The quantitative estimate of drug-likeness (QED) is 0.881. The van der Waals surface area contributed by atoms with E-state index in [-0.39, 0.29) is 0 Å². The molecule has 1 fully saturated rings. The highest BCUT2D eigenvalue weighted by Gasteiger charge is 2.24. The van der Waals surface area contributed by atoms with Crippen LogP contribution in [0.5, 0.6) is 0 Å². The van der Waals surface area contributed by atoms with Crippen LogP contribution in [0.2, 0.25) is 0 Å². The van der Waals surface area contributed by atoms with E-state index in [9.17, 15) is 0 Å². The van der Waals surface area contributed by atoms with Crippen LogP contribution >= 0.6 is 0 Å². The summed E-state index contributed by atoms with van der Waals surface area (Å²) in [4.78, 5) is 4.68. The van der Waals surface area contributed by atoms with Gasteiger partial charge < -0.3 is 5.32 Å². The molecule has 2 aromatic rings. The Kier molecular flexibility index (Phi) is 3.04. The van der Waals surface area contributed by atoms with Crippen LogP contribution in [0, 0.1) is 6.92 Å². The number of fused-ring (bicyclic) bond motifs is 1. The molecule has 0 saturated heterocycles. The maximum Gasteiger partial charge on any atom is 0.155 e. The van der Waals surface area contributed by atoms with Crippen molar-refractivity contribution in [3.63, 3.8) is 0 Å². The normalized spacial score (nSPS) is 24.6. The SMILES string of the molecule is CNC1CCC(c2nc3cccc(C)n3n2)CC1. The summed E-state index contributed by atoms with van der Waals surface area (Å²) in [6, 6.07) is 6.83. The Labute approximate surface area is 107 Å². The molecule has 0 spiro atoms. The van der Waals surface area contributed by atoms with Crippen molar-refractivity contribution in [1.82, 2.24) is 19.9 Å². The van der Waals surface area contributed by atoms with Crippen LogP contribution in [-0.2, 0) is 0 Å². The van der Waals surface area contributed by atoms with E-state index in [4.69, 9.17) is 0 Å². The van der Waals surface area contributed by atoms with Gasteiger partial charge in [0.05, 0.1) is 0 Å². The molecule has 1 N–H and O–H groups in total. The third-order valence-corrected chi connectivity index (χ3v) is 4.07. The number of nitrogens with one attached hydrogen (secondary N) is 1. The smallest absolute Gasteiger partial charge is 0.155 e. The lowest BCUT2D eigenvalue weighted by molar-refractivity contribution is 0.350. The van der Waals surface area contributed by atoms with E-state index in [0.29, 0.717) is 12.0 Å². The summed E-state index contributed by atoms with van der Waals surface area (Å²) in [6.07, 6.45) is 4.86. The fourth-order valence-electron chi connectivity index (χ4n) is 2.87. The number of nitrogens with zero attached hydrogens (tertiary/aromatic N) is 3. The van der Waals surface area contributed by atoms with Gasteiger partial charge in [0.2, 0.25) is 0 Å². The Hall–Kier alpha value is -1.42. The van der Waals surface area contributed by atoms with E-state index < -0.39 is 0 Å². The Balaban J connectivity index is 1.85. The first-order valence-electron chi connectivity index (χ1n) is 6.77. The predicted octanol–water partition coefficient (Wildman–Crippen LogP) is 2.28. The van der Waals surface area contributed by atoms with Crippen molar-refractivity contribution in [1.29, 1.82) is 0 Å². The maximum atomic E-state index is 4.68. The van der Waals surface area contributed by atoms with Gasteiger partial charge in [-0.3, -0.25) is 0 Å². The average molecular weight is 244 g/mol. The largest absolute Gasteiger partial charge is 0.317 e. The van der Waals surface area contributed by atoms with Gasteiger partial charge in [0.25, 0.3) is 0 Å². The molecule has 18 heavy (non-hydrogen) atoms. The van der Waals surface area contributed by atoms with E-state index in [1.165, 1.54) is 25.7 Å². The Bertz CT molecular complexity index is 538. The molecule has 0 aromatic carbocycles. The summed E-state index contributed by atoms with van der Waals surface area (Å²) in [5.74, 6) is 1.56. The van der Waals surface area contributed by atoms with Gasteiger partial charge in [-0.25, -0.2) is 9.50 Å². The highest BCUT2D eigenvalue weighted by molar-refractivity contribution is 5.39. The van der Waals surface area contributed by atoms with Crippen LogP contribution < -0.4 is 5.32 Å². The molecule has 0 atom stereocenters. The monoisotopic (exact) mass is 244 g/mol. The average Bonchev–Trinajstić information content (AvgIpc) is 2.84. The summed E-state index contributed by atoms with van der Waals surface area (Å²) >= 11 is 0. The van der Waals surface area contributed by atoms with Crippen LogP contribution in [0.15, 0.2) is 18.2 Å². The van der Waals surface area contributed by atoms with Gasteiger partial charge in [-0.1, -0.05) is 6.07 Å². The third-order valence-electron chi connectivity index (χ3n) is 4.07. The van der Waals surface area contributed by atoms with Gasteiger partial charge in [-0.05, 0) is 51.8 Å². The Morgan fingerprint density at radius 3 is 2.67 bits per heavy atom. The molecule has 96 valence electrons. The van der Waals surface area contributed by atoms with Crippen molar-refractivity contribution >= 4 is 5.65 Å². The molecule has 4 heteroatoms. The van der Waals surface area contributed by atoms with Crippen molar-refractivity contribution in [2.45, 2.75) is 44.6 Å². The molecule has 2 aromatic heterocycles. The highest BCUT2D eigenvalue weighted by atomic mass is 15.3. The van der Waals surface area contributed by atoms with E-state index in [2.05, 4.69) is 35.4 Å². The van der Waals surface area contributed by atoms with E-state index in [1.807, 2.05) is 16.6 Å². The molecule has 0 radical (unpaired) electrons.